The summed E-state index contributed by atoms with van der Waals surface area (Å²) in [7, 11) is 1.80. The van der Waals surface area contributed by atoms with Crippen molar-refractivity contribution in [3.63, 3.8) is 0 Å². The van der Waals surface area contributed by atoms with Gasteiger partial charge in [-0.05, 0) is 24.6 Å². The second-order valence-electron chi connectivity index (χ2n) is 4.17. The van der Waals surface area contributed by atoms with Crippen LogP contribution in [0.1, 0.15) is 24.9 Å². The summed E-state index contributed by atoms with van der Waals surface area (Å²) >= 11 is 0. The lowest BCUT2D eigenvalue weighted by Crippen LogP contribution is -2.35. The molecule has 1 aromatic rings. The lowest BCUT2D eigenvalue weighted by atomic mass is 10.1. The Hall–Kier alpha value is -1.55. The molecule has 1 aliphatic heterocycles. The highest BCUT2D eigenvalue weighted by Gasteiger charge is 2.25. The molecule has 0 bridgehead atoms. The lowest BCUT2D eigenvalue weighted by molar-refractivity contribution is -0.126. The van der Waals surface area contributed by atoms with Crippen molar-refractivity contribution in [2.45, 2.75) is 19.4 Å². The van der Waals surface area contributed by atoms with E-state index in [0.717, 1.165) is 17.8 Å². The van der Waals surface area contributed by atoms with Gasteiger partial charge in [-0.3, -0.25) is 14.8 Å². The van der Waals surface area contributed by atoms with Crippen LogP contribution in [-0.2, 0) is 4.79 Å². The van der Waals surface area contributed by atoms with Crippen molar-refractivity contribution >= 4 is 11.6 Å². The van der Waals surface area contributed by atoms with Gasteiger partial charge in [-0.15, -0.1) is 0 Å². The van der Waals surface area contributed by atoms with Gasteiger partial charge in [0.1, 0.15) is 0 Å². The molecule has 1 aliphatic rings. The Morgan fingerprint density at radius 1 is 1.31 bits per heavy atom. The largest absolute Gasteiger partial charge is 0.324 e. The highest BCUT2D eigenvalue weighted by atomic mass is 16.2. The quantitative estimate of drug-likeness (QED) is 0.815. The van der Waals surface area contributed by atoms with Gasteiger partial charge in [0.15, 0.2) is 0 Å². The molecule has 1 fully saturated rings. The first kappa shape index (κ1) is 11.0. The molecule has 1 unspecified atom stereocenters. The van der Waals surface area contributed by atoms with Crippen molar-refractivity contribution in [3.8, 4) is 0 Å². The van der Waals surface area contributed by atoms with Crippen molar-refractivity contribution in [3.05, 3.63) is 29.8 Å². The summed E-state index contributed by atoms with van der Waals surface area (Å²) in [6.45, 7) is 2.72. The number of rotatable bonds is 2. The molecule has 0 radical (unpaired) electrons. The van der Waals surface area contributed by atoms with Gasteiger partial charge in [0, 0.05) is 26.1 Å². The number of hydrazine groups is 1. The van der Waals surface area contributed by atoms with Crippen molar-refractivity contribution in [2.75, 3.05) is 18.6 Å². The SMILES string of the molecule is CC(N)c1ccc(N2CCC(=O)N2C)cc1. The third kappa shape index (κ3) is 1.88. The van der Waals surface area contributed by atoms with E-state index >= 15 is 0 Å². The van der Waals surface area contributed by atoms with Gasteiger partial charge >= 0.3 is 0 Å². The Labute approximate surface area is 95.6 Å². The van der Waals surface area contributed by atoms with E-state index in [9.17, 15) is 4.79 Å². The van der Waals surface area contributed by atoms with Gasteiger partial charge in [-0.1, -0.05) is 12.1 Å². The Morgan fingerprint density at radius 3 is 2.38 bits per heavy atom. The standard InChI is InChI=1S/C12H17N3O/c1-9(13)10-3-5-11(6-4-10)15-8-7-12(16)14(15)2/h3-6,9H,7-8,13H2,1-2H3. The van der Waals surface area contributed by atoms with Crippen LogP contribution in [0.15, 0.2) is 24.3 Å². The van der Waals surface area contributed by atoms with Gasteiger partial charge in [0.25, 0.3) is 0 Å². The Bertz CT molecular complexity index is 386. The number of nitrogens with two attached hydrogens (primary N) is 1. The summed E-state index contributed by atoms with van der Waals surface area (Å²) in [5.74, 6) is 0.163. The summed E-state index contributed by atoms with van der Waals surface area (Å²) in [6, 6.07) is 8.08. The molecule has 0 spiro atoms. The van der Waals surface area contributed by atoms with E-state index in [2.05, 4.69) is 0 Å². The first-order valence-electron chi connectivity index (χ1n) is 5.49. The molecule has 1 heterocycles. The molecule has 2 rings (SSSR count). The van der Waals surface area contributed by atoms with Gasteiger partial charge in [-0.25, -0.2) is 0 Å². The monoisotopic (exact) mass is 219 g/mol. The van der Waals surface area contributed by atoms with Crippen LogP contribution in [0.25, 0.3) is 0 Å². The van der Waals surface area contributed by atoms with Crippen LogP contribution in [-0.4, -0.2) is 24.5 Å². The van der Waals surface area contributed by atoms with Crippen LogP contribution >= 0.6 is 0 Å². The summed E-state index contributed by atoms with van der Waals surface area (Å²) in [4.78, 5) is 11.4. The Kier molecular flexibility index (Phi) is 2.83. The van der Waals surface area contributed by atoms with Gasteiger partial charge in [0.2, 0.25) is 5.91 Å². The number of hydrogen-bond donors (Lipinski definition) is 1. The average Bonchev–Trinajstić information content (AvgIpc) is 2.60. The van der Waals surface area contributed by atoms with Gasteiger partial charge in [0.05, 0.1) is 5.69 Å². The van der Waals surface area contributed by atoms with E-state index in [-0.39, 0.29) is 11.9 Å². The van der Waals surface area contributed by atoms with E-state index in [1.54, 1.807) is 12.1 Å². The zero-order valence-electron chi connectivity index (χ0n) is 9.68. The minimum absolute atomic E-state index is 0.0481. The summed E-state index contributed by atoms with van der Waals surface area (Å²) < 4.78 is 0. The molecule has 0 saturated carbocycles. The fourth-order valence-electron chi connectivity index (χ4n) is 1.90. The number of amides is 1. The second kappa shape index (κ2) is 4.14. The van der Waals surface area contributed by atoms with Gasteiger partial charge in [-0.2, -0.15) is 0 Å². The van der Waals surface area contributed by atoms with E-state index in [4.69, 9.17) is 5.73 Å². The molecule has 86 valence electrons. The molecule has 2 N–H and O–H groups in total. The first-order chi connectivity index (χ1) is 7.59. The third-order valence-corrected chi connectivity index (χ3v) is 2.98. The van der Waals surface area contributed by atoms with Crippen molar-refractivity contribution in [2.24, 2.45) is 5.73 Å². The van der Waals surface area contributed by atoms with Crippen LogP contribution in [0.3, 0.4) is 0 Å². The highest BCUT2D eigenvalue weighted by Crippen LogP contribution is 2.22. The van der Waals surface area contributed by atoms with Gasteiger partial charge < -0.3 is 5.73 Å². The van der Waals surface area contributed by atoms with Crippen molar-refractivity contribution < 1.29 is 4.79 Å². The number of anilines is 1. The Morgan fingerprint density at radius 2 is 1.94 bits per heavy atom. The summed E-state index contributed by atoms with van der Waals surface area (Å²) in [6.07, 6.45) is 0.589. The summed E-state index contributed by atoms with van der Waals surface area (Å²) in [5, 5.41) is 3.65. The Balaban J connectivity index is 2.19. The first-order valence-corrected chi connectivity index (χ1v) is 5.49. The molecule has 0 aliphatic carbocycles. The maximum Gasteiger partial charge on any atom is 0.242 e. The molecule has 16 heavy (non-hydrogen) atoms. The zero-order chi connectivity index (χ0) is 11.7. The molecule has 4 heteroatoms. The van der Waals surface area contributed by atoms with Crippen LogP contribution in [0.4, 0.5) is 5.69 Å². The third-order valence-electron chi connectivity index (χ3n) is 2.98. The molecule has 1 saturated heterocycles. The van der Waals surface area contributed by atoms with Crippen molar-refractivity contribution in [1.82, 2.24) is 5.01 Å². The smallest absolute Gasteiger partial charge is 0.242 e. The molecule has 1 aromatic carbocycles. The van der Waals surface area contributed by atoms with Crippen LogP contribution in [0, 0.1) is 0 Å². The fraction of sp³-hybridized carbons (Fsp3) is 0.417. The number of carbonyl (C=O) groups excluding carboxylic acids is 1. The average molecular weight is 219 g/mol. The van der Waals surface area contributed by atoms with E-state index in [1.165, 1.54) is 0 Å². The maximum atomic E-state index is 11.4. The topological polar surface area (TPSA) is 49.6 Å². The predicted molar refractivity (Wildman–Crippen MR) is 63.8 cm³/mol. The van der Waals surface area contributed by atoms with Crippen molar-refractivity contribution in [1.29, 1.82) is 0 Å². The maximum absolute atomic E-state index is 11.4. The van der Waals surface area contributed by atoms with E-state index in [0.29, 0.717) is 6.42 Å². The molecule has 1 atom stereocenters. The van der Waals surface area contributed by atoms with Crippen LogP contribution in [0.5, 0.6) is 0 Å². The zero-order valence-corrected chi connectivity index (χ0v) is 9.68. The number of carbonyl (C=O) groups is 1. The highest BCUT2D eigenvalue weighted by molar-refractivity contribution is 5.81. The van der Waals surface area contributed by atoms with E-state index < -0.39 is 0 Å². The summed E-state index contributed by atoms with van der Waals surface area (Å²) in [5.41, 5.74) is 7.94. The predicted octanol–water partition coefficient (Wildman–Crippen LogP) is 1.29. The fourth-order valence-corrected chi connectivity index (χ4v) is 1.90. The van der Waals surface area contributed by atoms with Crippen LogP contribution in [0.2, 0.25) is 0 Å². The molecule has 1 amide bonds. The molecular formula is C12H17N3O. The number of nitrogens with zero attached hydrogens (tertiary/aromatic N) is 2. The van der Waals surface area contributed by atoms with E-state index in [1.807, 2.05) is 36.2 Å². The molecule has 0 aromatic heterocycles. The minimum atomic E-state index is 0.0481. The minimum Gasteiger partial charge on any atom is -0.324 e. The number of hydrogen-bond acceptors (Lipinski definition) is 3. The number of benzene rings is 1. The normalized spacial score (nSPS) is 18.1. The van der Waals surface area contributed by atoms with Crippen LogP contribution < -0.4 is 10.7 Å². The molecular weight excluding hydrogens is 202 g/mol. The molecule has 4 nitrogen and oxygen atoms in total. The second-order valence-corrected chi connectivity index (χ2v) is 4.17. The lowest BCUT2D eigenvalue weighted by Gasteiger charge is -2.26.